The van der Waals surface area contributed by atoms with E-state index >= 15 is 0 Å². The molecule has 0 aliphatic carbocycles. The third kappa shape index (κ3) is 4.03. The first kappa shape index (κ1) is 15.0. The number of benzene rings is 1. The molecule has 1 unspecified atom stereocenters. The smallest absolute Gasteiger partial charge is 0.323 e. The zero-order chi connectivity index (χ0) is 15.1. The fourth-order valence-corrected chi connectivity index (χ4v) is 1.80. The second kappa shape index (κ2) is 7.39. The molecule has 112 valence electrons. The van der Waals surface area contributed by atoms with E-state index in [0.717, 1.165) is 5.56 Å². The maximum Gasteiger partial charge on any atom is 0.323 e. The zero-order valence-corrected chi connectivity index (χ0v) is 12.1. The number of hydrogen-bond donors (Lipinski definition) is 3. The highest BCUT2D eigenvalue weighted by Crippen LogP contribution is 2.18. The molecular formula is C14H19N5O2. The summed E-state index contributed by atoms with van der Waals surface area (Å²) in [5.41, 5.74) is 0.948. The second-order valence-electron chi connectivity index (χ2n) is 4.24. The van der Waals surface area contributed by atoms with Crippen molar-refractivity contribution >= 4 is 11.9 Å². The largest absolute Gasteiger partial charge is 0.464 e. The van der Waals surface area contributed by atoms with E-state index in [4.69, 9.17) is 4.74 Å². The van der Waals surface area contributed by atoms with Crippen molar-refractivity contribution in [2.45, 2.75) is 13.0 Å². The van der Waals surface area contributed by atoms with Gasteiger partial charge in [-0.3, -0.25) is 0 Å². The van der Waals surface area contributed by atoms with E-state index in [1.807, 2.05) is 37.3 Å². The average Bonchev–Trinajstić information content (AvgIpc) is 2.53. The minimum atomic E-state index is -0.298. The minimum absolute atomic E-state index is 0.0748. The van der Waals surface area contributed by atoms with Crippen LogP contribution in [-0.2, 0) is 0 Å². The molecule has 7 heteroatoms. The fourth-order valence-electron chi connectivity index (χ4n) is 1.80. The molecular weight excluding hydrogens is 270 g/mol. The van der Waals surface area contributed by atoms with Crippen molar-refractivity contribution in [1.29, 1.82) is 0 Å². The molecule has 3 N–H and O–H groups in total. The molecule has 0 saturated carbocycles. The molecule has 1 heterocycles. The Labute approximate surface area is 123 Å². The van der Waals surface area contributed by atoms with Gasteiger partial charge in [0.25, 0.3) is 0 Å². The maximum absolute atomic E-state index is 9.56. The van der Waals surface area contributed by atoms with Gasteiger partial charge in [-0.1, -0.05) is 30.3 Å². The number of aromatic nitrogens is 3. The summed E-state index contributed by atoms with van der Waals surface area (Å²) in [5, 5.41) is 15.5. The fraction of sp³-hybridized carbons (Fsp3) is 0.357. The molecule has 21 heavy (non-hydrogen) atoms. The highest BCUT2D eigenvalue weighted by Gasteiger charge is 2.13. The van der Waals surface area contributed by atoms with Gasteiger partial charge in [0.2, 0.25) is 11.9 Å². The molecule has 0 fully saturated rings. The van der Waals surface area contributed by atoms with Crippen LogP contribution in [0.15, 0.2) is 30.3 Å². The first-order valence-electron chi connectivity index (χ1n) is 6.75. The summed E-state index contributed by atoms with van der Waals surface area (Å²) < 4.78 is 5.31. The molecule has 0 spiro atoms. The van der Waals surface area contributed by atoms with Crippen LogP contribution < -0.4 is 15.4 Å². The lowest BCUT2D eigenvalue weighted by atomic mass is 10.1. The van der Waals surface area contributed by atoms with Gasteiger partial charge in [0, 0.05) is 7.05 Å². The Morgan fingerprint density at radius 2 is 1.86 bits per heavy atom. The minimum Gasteiger partial charge on any atom is -0.464 e. The quantitative estimate of drug-likeness (QED) is 0.710. The van der Waals surface area contributed by atoms with Gasteiger partial charge in [-0.05, 0) is 12.5 Å². The summed E-state index contributed by atoms with van der Waals surface area (Å²) in [4.78, 5) is 12.5. The van der Waals surface area contributed by atoms with Crippen LogP contribution in [0.1, 0.15) is 18.5 Å². The molecule has 1 aromatic heterocycles. The third-order valence-corrected chi connectivity index (χ3v) is 2.80. The van der Waals surface area contributed by atoms with Gasteiger partial charge in [0.1, 0.15) is 0 Å². The van der Waals surface area contributed by atoms with Gasteiger partial charge in [0.05, 0.1) is 19.3 Å². The van der Waals surface area contributed by atoms with Crippen molar-refractivity contribution in [3.05, 3.63) is 35.9 Å². The Hall–Kier alpha value is -2.41. The number of hydrogen-bond acceptors (Lipinski definition) is 7. The average molecular weight is 289 g/mol. The number of nitrogens with zero attached hydrogens (tertiary/aromatic N) is 3. The first-order valence-corrected chi connectivity index (χ1v) is 6.75. The highest BCUT2D eigenvalue weighted by atomic mass is 16.5. The van der Waals surface area contributed by atoms with E-state index in [0.29, 0.717) is 18.5 Å². The van der Waals surface area contributed by atoms with Crippen LogP contribution in [0.25, 0.3) is 0 Å². The second-order valence-corrected chi connectivity index (χ2v) is 4.24. The van der Waals surface area contributed by atoms with Gasteiger partial charge in [-0.15, -0.1) is 0 Å². The monoisotopic (exact) mass is 289 g/mol. The summed E-state index contributed by atoms with van der Waals surface area (Å²) in [6, 6.07) is 9.55. The van der Waals surface area contributed by atoms with Crippen molar-refractivity contribution in [1.82, 2.24) is 15.0 Å². The van der Waals surface area contributed by atoms with Crippen molar-refractivity contribution in [3.63, 3.8) is 0 Å². The van der Waals surface area contributed by atoms with Gasteiger partial charge in [-0.25, -0.2) is 0 Å². The predicted molar refractivity (Wildman–Crippen MR) is 80.4 cm³/mol. The summed E-state index contributed by atoms with van der Waals surface area (Å²) in [5.74, 6) is 0.751. The molecule has 0 aliphatic heterocycles. The Kier molecular flexibility index (Phi) is 5.28. The number of ether oxygens (including phenoxy) is 1. The molecule has 0 saturated heterocycles. The molecule has 7 nitrogen and oxygen atoms in total. The maximum atomic E-state index is 9.56. The lowest BCUT2D eigenvalue weighted by Gasteiger charge is -2.17. The van der Waals surface area contributed by atoms with E-state index in [1.54, 1.807) is 7.05 Å². The molecule has 0 radical (unpaired) electrons. The summed E-state index contributed by atoms with van der Waals surface area (Å²) in [7, 11) is 1.72. The van der Waals surface area contributed by atoms with Crippen LogP contribution in [0.2, 0.25) is 0 Å². The Morgan fingerprint density at radius 1 is 1.14 bits per heavy atom. The zero-order valence-electron chi connectivity index (χ0n) is 12.1. The Balaban J connectivity index is 2.22. The van der Waals surface area contributed by atoms with E-state index < -0.39 is 0 Å². The van der Waals surface area contributed by atoms with Crippen LogP contribution in [0.4, 0.5) is 11.9 Å². The molecule has 2 aromatic rings. The molecule has 0 bridgehead atoms. The number of anilines is 2. The van der Waals surface area contributed by atoms with Crippen LogP contribution in [0, 0.1) is 0 Å². The first-order chi connectivity index (χ1) is 10.3. The number of aliphatic hydroxyl groups excluding tert-OH is 1. The van der Waals surface area contributed by atoms with Crippen LogP contribution in [0.5, 0.6) is 6.01 Å². The summed E-state index contributed by atoms with van der Waals surface area (Å²) in [6.07, 6.45) is 0. The topological polar surface area (TPSA) is 92.2 Å². The highest BCUT2D eigenvalue weighted by molar-refractivity contribution is 5.38. The Morgan fingerprint density at radius 3 is 2.48 bits per heavy atom. The van der Waals surface area contributed by atoms with Crippen LogP contribution in [-0.4, -0.2) is 40.3 Å². The van der Waals surface area contributed by atoms with Gasteiger partial charge in [0.15, 0.2) is 0 Å². The van der Waals surface area contributed by atoms with Crippen molar-refractivity contribution < 1.29 is 9.84 Å². The molecule has 1 aromatic carbocycles. The van der Waals surface area contributed by atoms with E-state index in [9.17, 15) is 5.11 Å². The lowest BCUT2D eigenvalue weighted by Crippen LogP contribution is -2.17. The SMILES string of the molecule is CCOc1nc(NC)nc(NC(CO)c2ccccc2)n1. The standard InChI is InChI=1S/C14H19N5O2/c1-3-21-14-18-12(15-2)17-13(19-14)16-11(9-20)10-7-5-4-6-8-10/h4-8,11,20H,3,9H2,1-2H3,(H2,15,16,17,18,19). The van der Waals surface area contributed by atoms with Crippen LogP contribution in [0.3, 0.4) is 0 Å². The van der Waals surface area contributed by atoms with E-state index in [1.165, 1.54) is 0 Å². The third-order valence-electron chi connectivity index (χ3n) is 2.80. The van der Waals surface area contributed by atoms with E-state index in [-0.39, 0.29) is 18.7 Å². The van der Waals surface area contributed by atoms with Gasteiger partial charge in [-0.2, -0.15) is 15.0 Å². The number of aliphatic hydroxyl groups is 1. The lowest BCUT2D eigenvalue weighted by molar-refractivity contribution is 0.275. The van der Waals surface area contributed by atoms with Gasteiger partial charge < -0.3 is 20.5 Å². The number of nitrogens with one attached hydrogen (secondary N) is 2. The van der Waals surface area contributed by atoms with Gasteiger partial charge >= 0.3 is 6.01 Å². The normalized spacial score (nSPS) is 11.8. The van der Waals surface area contributed by atoms with Crippen molar-refractivity contribution in [3.8, 4) is 6.01 Å². The molecule has 2 rings (SSSR count). The summed E-state index contributed by atoms with van der Waals surface area (Å²) >= 11 is 0. The molecule has 0 aliphatic rings. The number of rotatable bonds is 7. The Bertz CT molecular complexity index is 565. The van der Waals surface area contributed by atoms with E-state index in [2.05, 4.69) is 25.6 Å². The molecule has 0 amide bonds. The summed E-state index contributed by atoms with van der Waals surface area (Å²) in [6.45, 7) is 2.25. The molecule has 1 atom stereocenters. The predicted octanol–water partition coefficient (Wildman–Crippen LogP) is 1.46. The van der Waals surface area contributed by atoms with Crippen molar-refractivity contribution in [2.75, 3.05) is 30.9 Å². The van der Waals surface area contributed by atoms with Crippen molar-refractivity contribution in [2.24, 2.45) is 0 Å². The van der Waals surface area contributed by atoms with Crippen LogP contribution >= 0.6 is 0 Å².